The van der Waals surface area contributed by atoms with Crippen molar-refractivity contribution in [3.63, 3.8) is 0 Å². The molecule has 1 saturated heterocycles. The van der Waals surface area contributed by atoms with E-state index in [2.05, 4.69) is 43.4 Å². The maximum atomic E-state index is 16.2. The maximum Gasteiger partial charge on any atom is 0.214 e. The van der Waals surface area contributed by atoms with Crippen molar-refractivity contribution in [2.75, 3.05) is 43.6 Å². The molecule has 0 aliphatic carbocycles. The fourth-order valence-electron chi connectivity index (χ4n) is 5.44. The van der Waals surface area contributed by atoms with Crippen LogP contribution in [0.1, 0.15) is 39.7 Å². The SMILES string of the molecule is C=S(=O)(c1c(F)cc(N2CC[C@](C)(N(C)C(C)(C)C)C2)c(Cl)c1F)N(Cc1ccc(OC)cc1OC)c1cccc(F)n1. The first-order valence-electron chi connectivity index (χ1n) is 13.7. The number of halogens is 4. The summed E-state index contributed by atoms with van der Waals surface area (Å²) in [6, 6.07) is 9.83. The van der Waals surface area contributed by atoms with E-state index in [1.807, 2.05) is 11.9 Å². The number of hydrogen-bond acceptors (Lipinski definition) is 6. The summed E-state index contributed by atoms with van der Waals surface area (Å²) in [5.41, 5.74) is 0.224. The van der Waals surface area contributed by atoms with Crippen molar-refractivity contribution in [1.82, 2.24) is 9.88 Å². The molecule has 0 spiro atoms. The number of methoxy groups -OCH3 is 2. The summed E-state index contributed by atoms with van der Waals surface area (Å²) in [5, 5.41) is -0.371. The second-order valence-electron chi connectivity index (χ2n) is 11.9. The Morgan fingerprint density at radius 1 is 1.14 bits per heavy atom. The van der Waals surface area contributed by atoms with Crippen LogP contribution in [0.15, 0.2) is 47.4 Å². The fraction of sp³-hybridized carbons (Fsp3) is 0.419. The second-order valence-corrected chi connectivity index (χ2v) is 14.4. The minimum Gasteiger partial charge on any atom is -0.497 e. The van der Waals surface area contributed by atoms with Crippen LogP contribution in [-0.2, 0) is 16.3 Å². The summed E-state index contributed by atoms with van der Waals surface area (Å²) >= 11 is 6.56. The van der Waals surface area contributed by atoms with Crippen LogP contribution < -0.4 is 18.7 Å². The lowest BCUT2D eigenvalue weighted by atomic mass is 9.93. The van der Waals surface area contributed by atoms with E-state index in [-0.39, 0.29) is 34.2 Å². The zero-order valence-electron chi connectivity index (χ0n) is 25.5. The number of pyridine rings is 1. The number of anilines is 2. The molecule has 1 fully saturated rings. The number of aromatic nitrogens is 1. The highest BCUT2D eigenvalue weighted by Crippen LogP contribution is 2.41. The first kappa shape index (κ1) is 32.8. The third kappa shape index (κ3) is 6.39. The van der Waals surface area contributed by atoms with Crippen LogP contribution in [0.4, 0.5) is 24.7 Å². The molecule has 1 unspecified atom stereocenters. The van der Waals surface area contributed by atoms with Gasteiger partial charge in [-0.15, -0.1) is 0 Å². The van der Waals surface area contributed by atoms with Crippen LogP contribution in [0.25, 0.3) is 0 Å². The zero-order valence-corrected chi connectivity index (χ0v) is 27.1. The van der Waals surface area contributed by atoms with Crippen molar-refractivity contribution in [3.8, 4) is 11.5 Å². The quantitative estimate of drug-likeness (QED) is 0.150. The van der Waals surface area contributed by atoms with Gasteiger partial charge in [-0.2, -0.15) is 4.39 Å². The lowest BCUT2D eigenvalue weighted by Crippen LogP contribution is -2.54. The summed E-state index contributed by atoms with van der Waals surface area (Å²) in [6.07, 6.45) is 0.747. The zero-order chi connectivity index (χ0) is 31.9. The highest BCUT2D eigenvalue weighted by molar-refractivity contribution is 8.01. The monoisotopic (exact) mass is 638 g/mol. The molecule has 1 aromatic heterocycles. The predicted molar refractivity (Wildman–Crippen MR) is 168 cm³/mol. The minimum absolute atomic E-state index is 0.130. The average Bonchev–Trinajstić information content (AvgIpc) is 3.35. The molecule has 2 atom stereocenters. The third-order valence-electron chi connectivity index (χ3n) is 8.14. The molecular formula is C31H38ClF3N4O3S. The first-order chi connectivity index (χ1) is 20.0. The van der Waals surface area contributed by atoms with Gasteiger partial charge in [0, 0.05) is 41.9 Å². The number of benzene rings is 2. The molecule has 234 valence electrons. The Bertz CT molecular complexity index is 1620. The van der Waals surface area contributed by atoms with E-state index in [9.17, 15) is 8.60 Å². The lowest BCUT2D eigenvalue weighted by molar-refractivity contribution is 0.0589. The van der Waals surface area contributed by atoms with Gasteiger partial charge in [0.2, 0.25) is 5.95 Å². The predicted octanol–water partition coefficient (Wildman–Crippen LogP) is 6.57. The third-order valence-corrected chi connectivity index (χ3v) is 10.5. The smallest absolute Gasteiger partial charge is 0.214 e. The Morgan fingerprint density at radius 3 is 2.44 bits per heavy atom. The van der Waals surface area contributed by atoms with Gasteiger partial charge in [-0.1, -0.05) is 17.7 Å². The standard InChI is InChI=1S/C31H38ClF3N4O3S/c1-30(2,3)37(5)31(4)14-15-38(19-31)23-17-22(33)29(28(35)27(23)32)43(8,40)39(26-11-9-10-25(34)36-26)18-20-12-13-21(41-6)16-24(20)42-7/h9-13,16-17H,8,14-15,18-19H2,1-7H3/t31-,43?/m0/s1. The number of rotatable bonds is 9. The summed E-state index contributed by atoms with van der Waals surface area (Å²) in [6.45, 7) is 9.18. The van der Waals surface area contributed by atoms with Crippen molar-refractivity contribution in [3.05, 3.63) is 70.6 Å². The van der Waals surface area contributed by atoms with Crippen molar-refractivity contribution >= 4 is 38.7 Å². The second kappa shape index (κ2) is 12.1. The van der Waals surface area contributed by atoms with Gasteiger partial charge in [0.25, 0.3) is 0 Å². The van der Waals surface area contributed by atoms with Gasteiger partial charge in [0.1, 0.15) is 33.1 Å². The molecule has 0 amide bonds. The van der Waals surface area contributed by atoms with E-state index in [1.165, 1.54) is 26.4 Å². The van der Waals surface area contributed by atoms with Crippen LogP contribution in [-0.4, -0.2) is 65.4 Å². The average molecular weight is 639 g/mol. The Balaban J connectivity index is 1.79. The first-order valence-corrected chi connectivity index (χ1v) is 15.7. The van der Waals surface area contributed by atoms with Gasteiger partial charge in [-0.05, 0) is 71.3 Å². The number of likely N-dealkylation sites (N-methyl/N-ethyl adjacent to an activating group) is 1. The molecular weight excluding hydrogens is 601 g/mol. The Labute approximate surface area is 257 Å². The van der Waals surface area contributed by atoms with Crippen LogP contribution in [0.5, 0.6) is 11.5 Å². The Kier molecular flexibility index (Phi) is 9.21. The van der Waals surface area contributed by atoms with Crippen molar-refractivity contribution in [1.29, 1.82) is 0 Å². The molecule has 43 heavy (non-hydrogen) atoms. The van der Waals surface area contributed by atoms with E-state index in [0.29, 0.717) is 30.2 Å². The summed E-state index contributed by atoms with van der Waals surface area (Å²) in [7, 11) is 0.921. The maximum absolute atomic E-state index is 16.2. The van der Waals surface area contributed by atoms with E-state index in [4.69, 9.17) is 21.1 Å². The molecule has 4 rings (SSSR count). The highest BCUT2D eigenvalue weighted by atomic mass is 35.5. The van der Waals surface area contributed by atoms with Crippen LogP contribution in [0.3, 0.4) is 0 Å². The van der Waals surface area contributed by atoms with Gasteiger partial charge in [0.15, 0.2) is 5.82 Å². The molecule has 0 radical (unpaired) electrons. The van der Waals surface area contributed by atoms with Gasteiger partial charge in [0.05, 0.1) is 36.2 Å². The van der Waals surface area contributed by atoms with Gasteiger partial charge < -0.3 is 14.4 Å². The Hall–Kier alpha value is -3.15. The van der Waals surface area contributed by atoms with E-state index >= 15 is 8.78 Å². The topological polar surface area (TPSA) is 58.1 Å². The van der Waals surface area contributed by atoms with Crippen molar-refractivity contribution < 1.29 is 26.9 Å². The minimum atomic E-state index is -4.03. The molecule has 7 nitrogen and oxygen atoms in total. The molecule has 0 bridgehead atoms. The number of ether oxygens (including phenoxy) is 2. The molecule has 2 aromatic carbocycles. The molecule has 1 aliphatic rings. The van der Waals surface area contributed by atoms with Gasteiger partial charge in [-0.25, -0.2) is 18.0 Å². The van der Waals surface area contributed by atoms with E-state index < -0.39 is 32.2 Å². The Morgan fingerprint density at radius 2 is 1.84 bits per heavy atom. The van der Waals surface area contributed by atoms with Gasteiger partial charge >= 0.3 is 0 Å². The lowest BCUT2D eigenvalue weighted by Gasteiger charge is -2.44. The highest BCUT2D eigenvalue weighted by Gasteiger charge is 2.42. The molecule has 12 heteroatoms. The molecule has 2 heterocycles. The van der Waals surface area contributed by atoms with Crippen LogP contribution in [0, 0.1) is 17.6 Å². The summed E-state index contributed by atoms with van der Waals surface area (Å²) < 4.78 is 72.7. The van der Waals surface area contributed by atoms with Crippen molar-refractivity contribution in [2.45, 2.75) is 56.6 Å². The number of hydrogen-bond donors (Lipinski definition) is 0. The van der Waals surface area contributed by atoms with Crippen LogP contribution >= 0.6 is 11.6 Å². The molecule has 0 saturated carbocycles. The van der Waals surface area contributed by atoms with E-state index in [0.717, 1.165) is 22.9 Å². The normalized spacial score (nSPS) is 18.6. The summed E-state index contributed by atoms with van der Waals surface area (Å²) in [4.78, 5) is 7.10. The molecule has 1 aliphatic heterocycles. The largest absolute Gasteiger partial charge is 0.497 e. The fourth-order valence-corrected chi connectivity index (χ4v) is 7.49. The summed E-state index contributed by atoms with van der Waals surface area (Å²) in [5.74, 6) is 1.32. The molecule has 0 N–H and O–H groups in total. The van der Waals surface area contributed by atoms with Crippen LogP contribution in [0.2, 0.25) is 5.02 Å². The van der Waals surface area contributed by atoms with Crippen molar-refractivity contribution in [2.24, 2.45) is 0 Å². The van der Waals surface area contributed by atoms with Gasteiger partial charge in [-0.3, -0.25) is 9.21 Å². The molecule has 3 aromatic rings. The number of nitrogens with zero attached hydrogens (tertiary/aromatic N) is 4. The van der Waals surface area contributed by atoms with E-state index in [1.54, 1.807) is 18.2 Å².